The Bertz CT molecular complexity index is 639. The Morgan fingerprint density at radius 1 is 1.14 bits per heavy atom. The van der Waals surface area contributed by atoms with Crippen molar-refractivity contribution >= 4 is 0 Å². The molecule has 4 heteroatoms. The van der Waals surface area contributed by atoms with Gasteiger partial charge in [-0.25, -0.2) is 0 Å². The van der Waals surface area contributed by atoms with Crippen molar-refractivity contribution < 1.29 is 14.6 Å². The fraction of sp³-hybridized carbons (Fsp3) is 0.333. The molecule has 2 aromatic rings. The summed E-state index contributed by atoms with van der Waals surface area (Å²) in [4.78, 5) is 2.12. The van der Waals surface area contributed by atoms with E-state index in [0.29, 0.717) is 13.2 Å². The summed E-state index contributed by atoms with van der Waals surface area (Å²) in [6.07, 6.45) is -0.446. The lowest BCUT2D eigenvalue weighted by atomic mass is 9.97. The average Bonchev–Trinajstić information content (AvgIpc) is 2.53. The number of rotatable bonds is 4. The third-order valence-corrected chi connectivity index (χ3v) is 3.97. The van der Waals surface area contributed by atoms with Crippen molar-refractivity contribution in [2.45, 2.75) is 19.3 Å². The van der Waals surface area contributed by atoms with E-state index in [1.165, 1.54) is 0 Å². The van der Waals surface area contributed by atoms with Gasteiger partial charge in [0.05, 0.1) is 13.2 Å². The molecule has 1 aliphatic heterocycles. The molecule has 116 valence electrons. The lowest BCUT2D eigenvalue weighted by Gasteiger charge is -2.29. The lowest BCUT2D eigenvalue weighted by molar-refractivity contribution is 0.107. The molecule has 22 heavy (non-hydrogen) atoms. The van der Waals surface area contributed by atoms with Crippen molar-refractivity contribution in [1.82, 2.24) is 4.90 Å². The molecule has 0 aromatic heterocycles. The second kappa shape index (κ2) is 6.38. The van der Waals surface area contributed by atoms with Crippen LogP contribution >= 0.6 is 0 Å². The third kappa shape index (κ3) is 3.24. The summed E-state index contributed by atoms with van der Waals surface area (Å²) in [7, 11) is 3.67. The van der Waals surface area contributed by atoms with Crippen molar-refractivity contribution in [3.8, 4) is 11.5 Å². The molecule has 1 N–H and O–H groups in total. The fourth-order valence-corrected chi connectivity index (χ4v) is 2.75. The number of ether oxygens (including phenoxy) is 2. The Morgan fingerprint density at radius 2 is 1.86 bits per heavy atom. The van der Waals surface area contributed by atoms with Gasteiger partial charge in [0.15, 0.2) is 0 Å². The van der Waals surface area contributed by atoms with E-state index in [1.807, 2.05) is 49.5 Å². The SMILES string of the molecule is COc1ccc(COc2ccc3c(c2)[C@@H](O)CN(C)C3)cc1. The number of benzene rings is 2. The summed E-state index contributed by atoms with van der Waals surface area (Å²) in [6.45, 7) is 2.03. The second-order valence-corrected chi connectivity index (χ2v) is 5.71. The predicted octanol–water partition coefficient (Wildman–Crippen LogP) is 2.75. The molecule has 0 bridgehead atoms. The van der Waals surface area contributed by atoms with E-state index >= 15 is 0 Å². The molecule has 1 heterocycles. The van der Waals surface area contributed by atoms with Crippen molar-refractivity contribution in [2.75, 3.05) is 20.7 Å². The zero-order valence-corrected chi connectivity index (χ0v) is 13.0. The molecule has 3 rings (SSSR count). The van der Waals surface area contributed by atoms with Crippen molar-refractivity contribution in [1.29, 1.82) is 0 Å². The fourth-order valence-electron chi connectivity index (χ4n) is 2.75. The number of methoxy groups -OCH3 is 1. The van der Waals surface area contributed by atoms with Crippen LogP contribution in [0.2, 0.25) is 0 Å². The molecule has 2 aromatic carbocycles. The van der Waals surface area contributed by atoms with Crippen LogP contribution in [0.15, 0.2) is 42.5 Å². The minimum absolute atomic E-state index is 0.446. The maximum absolute atomic E-state index is 10.2. The quantitative estimate of drug-likeness (QED) is 0.942. The van der Waals surface area contributed by atoms with E-state index in [1.54, 1.807) is 7.11 Å². The van der Waals surface area contributed by atoms with E-state index < -0.39 is 6.10 Å². The van der Waals surface area contributed by atoms with Crippen LogP contribution in [-0.4, -0.2) is 30.7 Å². The van der Waals surface area contributed by atoms with E-state index in [0.717, 1.165) is 34.7 Å². The minimum Gasteiger partial charge on any atom is -0.497 e. The summed E-state index contributed by atoms with van der Waals surface area (Å²) in [5.74, 6) is 1.63. The number of hydrogen-bond acceptors (Lipinski definition) is 4. The Balaban J connectivity index is 1.69. The molecule has 0 saturated carbocycles. The van der Waals surface area contributed by atoms with Gasteiger partial charge in [-0.05, 0) is 48.0 Å². The van der Waals surface area contributed by atoms with Crippen LogP contribution in [0.5, 0.6) is 11.5 Å². The number of aliphatic hydroxyl groups is 1. The molecule has 0 unspecified atom stereocenters. The molecular weight excluding hydrogens is 278 g/mol. The summed E-state index contributed by atoms with van der Waals surface area (Å²) in [5.41, 5.74) is 3.22. The first-order chi connectivity index (χ1) is 10.7. The Labute approximate surface area is 130 Å². The molecular formula is C18H21NO3. The summed E-state index contributed by atoms with van der Waals surface area (Å²) < 4.78 is 11.0. The molecule has 0 saturated heterocycles. The smallest absolute Gasteiger partial charge is 0.120 e. The maximum Gasteiger partial charge on any atom is 0.120 e. The first-order valence-corrected chi connectivity index (χ1v) is 7.41. The van der Waals surface area contributed by atoms with Gasteiger partial charge >= 0.3 is 0 Å². The first-order valence-electron chi connectivity index (χ1n) is 7.41. The monoisotopic (exact) mass is 299 g/mol. The highest BCUT2D eigenvalue weighted by Crippen LogP contribution is 2.29. The topological polar surface area (TPSA) is 41.9 Å². The number of nitrogens with zero attached hydrogens (tertiary/aromatic N) is 1. The Kier molecular flexibility index (Phi) is 4.32. The molecule has 1 atom stereocenters. The minimum atomic E-state index is -0.446. The Morgan fingerprint density at radius 3 is 2.59 bits per heavy atom. The second-order valence-electron chi connectivity index (χ2n) is 5.71. The molecule has 0 radical (unpaired) electrons. The standard InChI is InChI=1S/C18H21NO3/c1-19-10-14-5-8-16(9-17(14)18(20)11-19)22-12-13-3-6-15(21-2)7-4-13/h3-9,18,20H,10-12H2,1-2H3/t18-/m0/s1. The number of hydrogen-bond donors (Lipinski definition) is 1. The third-order valence-electron chi connectivity index (χ3n) is 3.97. The van der Waals surface area contributed by atoms with Crippen LogP contribution in [0.4, 0.5) is 0 Å². The highest BCUT2D eigenvalue weighted by Gasteiger charge is 2.21. The molecule has 4 nitrogen and oxygen atoms in total. The van der Waals surface area contributed by atoms with E-state index in [-0.39, 0.29) is 0 Å². The molecule has 0 aliphatic carbocycles. The summed E-state index contributed by atoms with van der Waals surface area (Å²) >= 11 is 0. The molecule has 0 fully saturated rings. The Hall–Kier alpha value is -2.04. The molecule has 0 spiro atoms. The first kappa shape index (κ1) is 14.9. The highest BCUT2D eigenvalue weighted by molar-refractivity contribution is 5.38. The van der Waals surface area contributed by atoms with Gasteiger partial charge in [0.2, 0.25) is 0 Å². The molecule has 0 amide bonds. The molecule has 1 aliphatic rings. The lowest BCUT2D eigenvalue weighted by Crippen LogP contribution is -2.30. The summed E-state index contributed by atoms with van der Waals surface area (Å²) in [6, 6.07) is 13.8. The van der Waals surface area contributed by atoms with E-state index in [9.17, 15) is 5.11 Å². The van der Waals surface area contributed by atoms with Gasteiger partial charge in [-0.15, -0.1) is 0 Å². The van der Waals surface area contributed by atoms with Crippen molar-refractivity contribution in [3.05, 3.63) is 59.2 Å². The van der Waals surface area contributed by atoms with Gasteiger partial charge in [-0.1, -0.05) is 18.2 Å². The van der Waals surface area contributed by atoms with Gasteiger partial charge in [0, 0.05) is 13.1 Å². The average molecular weight is 299 g/mol. The van der Waals surface area contributed by atoms with E-state index in [4.69, 9.17) is 9.47 Å². The van der Waals surface area contributed by atoms with Gasteiger partial charge < -0.3 is 14.6 Å². The maximum atomic E-state index is 10.2. The van der Waals surface area contributed by atoms with Gasteiger partial charge in [0.25, 0.3) is 0 Å². The van der Waals surface area contributed by atoms with Crippen LogP contribution in [0, 0.1) is 0 Å². The highest BCUT2D eigenvalue weighted by atomic mass is 16.5. The zero-order valence-electron chi connectivity index (χ0n) is 13.0. The van der Waals surface area contributed by atoms with Gasteiger partial charge in [-0.3, -0.25) is 4.90 Å². The van der Waals surface area contributed by atoms with Crippen LogP contribution in [-0.2, 0) is 13.2 Å². The van der Waals surface area contributed by atoms with E-state index in [2.05, 4.69) is 4.90 Å². The predicted molar refractivity (Wildman–Crippen MR) is 85.1 cm³/mol. The van der Waals surface area contributed by atoms with Gasteiger partial charge in [0.1, 0.15) is 18.1 Å². The van der Waals surface area contributed by atoms with Gasteiger partial charge in [-0.2, -0.15) is 0 Å². The van der Waals surface area contributed by atoms with Crippen molar-refractivity contribution in [3.63, 3.8) is 0 Å². The van der Waals surface area contributed by atoms with Crippen LogP contribution < -0.4 is 9.47 Å². The number of β-amino-alcohol motifs (C(OH)–C–C–N with tert-alkyl or cyclic N) is 1. The number of likely N-dealkylation sites (N-methyl/N-ethyl adjacent to an activating group) is 1. The van der Waals surface area contributed by atoms with Crippen molar-refractivity contribution in [2.24, 2.45) is 0 Å². The zero-order chi connectivity index (χ0) is 15.5. The number of aliphatic hydroxyl groups excluding tert-OH is 1. The summed E-state index contributed by atoms with van der Waals surface area (Å²) in [5, 5.41) is 10.2. The largest absolute Gasteiger partial charge is 0.497 e. The number of fused-ring (bicyclic) bond motifs is 1. The van der Waals surface area contributed by atoms with Crippen LogP contribution in [0.1, 0.15) is 22.8 Å². The van der Waals surface area contributed by atoms with Crippen LogP contribution in [0.25, 0.3) is 0 Å². The normalized spacial score (nSPS) is 17.9. The van der Waals surface area contributed by atoms with Crippen LogP contribution in [0.3, 0.4) is 0 Å².